The summed E-state index contributed by atoms with van der Waals surface area (Å²) in [5.74, 6) is -0.537. The average molecular weight is 236 g/mol. The van der Waals surface area contributed by atoms with Gasteiger partial charge >= 0.3 is 5.97 Å². The van der Waals surface area contributed by atoms with E-state index in [4.69, 9.17) is 9.47 Å². The Bertz CT molecular complexity index is 363. The lowest BCUT2D eigenvalue weighted by Gasteiger charge is -2.25. The predicted molar refractivity (Wildman–Crippen MR) is 61.2 cm³/mol. The SMILES string of the molecule is O=C1O[C@H](COCc2ccccc2)CCC1O. The molecule has 92 valence electrons. The molecule has 2 atom stereocenters. The zero-order chi connectivity index (χ0) is 12.1. The molecule has 1 aliphatic heterocycles. The van der Waals surface area contributed by atoms with Gasteiger partial charge in [0.15, 0.2) is 6.10 Å². The molecule has 0 aromatic heterocycles. The molecular formula is C13H16O4. The van der Waals surface area contributed by atoms with E-state index in [-0.39, 0.29) is 6.10 Å². The molecule has 1 fully saturated rings. The maximum atomic E-state index is 11.1. The van der Waals surface area contributed by atoms with Crippen LogP contribution in [-0.4, -0.2) is 29.9 Å². The van der Waals surface area contributed by atoms with Crippen LogP contribution in [0.5, 0.6) is 0 Å². The van der Waals surface area contributed by atoms with Gasteiger partial charge in [0.1, 0.15) is 6.10 Å². The molecule has 0 spiro atoms. The second-order valence-electron chi connectivity index (χ2n) is 4.15. The highest BCUT2D eigenvalue weighted by Gasteiger charge is 2.28. The van der Waals surface area contributed by atoms with Gasteiger partial charge in [0, 0.05) is 0 Å². The number of cyclic esters (lactones) is 1. The van der Waals surface area contributed by atoms with Gasteiger partial charge in [0.25, 0.3) is 0 Å². The van der Waals surface area contributed by atoms with Crippen molar-refractivity contribution in [3.63, 3.8) is 0 Å². The highest BCUT2D eigenvalue weighted by molar-refractivity contribution is 5.75. The number of ether oxygens (including phenoxy) is 2. The van der Waals surface area contributed by atoms with Gasteiger partial charge in [0.2, 0.25) is 0 Å². The second-order valence-corrected chi connectivity index (χ2v) is 4.15. The van der Waals surface area contributed by atoms with Crippen LogP contribution in [-0.2, 0) is 20.9 Å². The van der Waals surface area contributed by atoms with Crippen molar-refractivity contribution in [3.8, 4) is 0 Å². The van der Waals surface area contributed by atoms with Crippen molar-refractivity contribution in [2.45, 2.75) is 31.7 Å². The minimum Gasteiger partial charge on any atom is -0.458 e. The molecule has 4 heteroatoms. The Morgan fingerprint density at radius 1 is 1.29 bits per heavy atom. The number of carbonyl (C=O) groups excluding carboxylic acids is 1. The Morgan fingerprint density at radius 3 is 2.76 bits per heavy atom. The molecule has 1 aliphatic rings. The Morgan fingerprint density at radius 2 is 2.06 bits per heavy atom. The van der Waals surface area contributed by atoms with E-state index in [1.807, 2.05) is 30.3 Å². The van der Waals surface area contributed by atoms with E-state index in [9.17, 15) is 9.90 Å². The normalized spacial score (nSPS) is 24.4. The van der Waals surface area contributed by atoms with Crippen molar-refractivity contribution in [1.29, 1.82) is 0 Å². The molecule has 0 radical (unpaired) electrons. The van der Waals surface area contributed by atoms with Gasteiger partial charge in [-0.3, -0.25) is 0 Å². The molecule has 0 amide bonds. The van der Waals surface area contributed by atoms with E-state index >= 15 is 0 Å². The molecule has 17 heavy (non-hydrogen) atoms. The van der Waals surface area contributed by atoms with Crippen LogP contribution in [0.3, 0.4) is 0 Å². The molecule has 1 unspecified atom stereocenters. The summed E-state index contributed by atoms with van der Waals surface area (Å²) < 4.78 is 10.5. The van der Waals surface area contributed by atoms with E-state index in [0.717, 1.165) is 5.56 Å². The fourth-order valence-electron chi connectivity index (χ4n) is 1.76. The van der Waals surface area contributed by atoms with Crippen LogP contribution in [0.4, 0.5) is 0 Å². The highest BCUT2D eigenvalue weighted by Crippen LogP contribution is 2.15. The molecule has 1 N–H and O–H groups in total. The topological polar surface area (TPSA) is 55.8 Å². The molecule has 0 bridgehead atoms. The lowest BCUT2D eigenvalue weighted by molar-refractivity contribution is -0.170. The summed E-state index contributed by atoms with van der Waals surface area (Å²) in [5, 5.41) is 9.18. The fraction of sp³-hybridized carbons (Fsp3) is 0.462. The van der Waals surface area contributed by atoms with E-state index in [1.165, 1.54) is 0 Å². The Balaban J connectivity index is 1.71. The number of benzene rings is 1. The van der Waals surface area contributed by atoms with Crippen LogP contribution in [0.1, 0.15) is 18.4 Å². The highest BCUT2D eigenvalue weighted by atomic mass is 16.6. The van der Waals surface area contributed by atoms with Gasteiger partial charge < -0.3 is 14.6 Å². The van der Waals surface area contributed by atoms with Crippen molar-refractivity contribution >= 4 is 5.97 Å². The molecule has 4 nitrogen and oxygen atoms in total. The van der Waals surface area contributed by atoms with Crippen LogP contribution in [0, 0.1) is 0 Å². The lowest BCUT2D eigenvalue weighted by Crippen LogP contribution is -2.36. The van der Waals surface area contributed by atoms with Gasteiger partial charge in [-0.15, -0.1) is 0 Å². The summed E-state index contributed by atoms with van der Waals surface area (Å²) in [6, 6.07) is 9.83. The molecule has 1 aromatic rings. The molecule has 2 rings (SSSR count). The Labute approximate surface area is 100 Å². The summed E-state index contributed by atoms with van der Waals surface area (Å²) in [6.45, 7) is 0.894. The van der Waals surface area contributed by atoms with Gasteiger partial charge in [-0.25, -0.2) is 4.79 Å². The van der Waals surface area contributed by atoms with Crippen LogP contribution in [0.2, 0.25) is 0 Å². The quantitative estimate of drug-likeness (QED) is 0.800. The Hall–Kier alpha value is -1.39. The summed E-state index contributed by atoms with van der Waals surface area (Å²) >= 11 is 0. The molecule has 1 heterocycles. The van der Waals surface area contributed by atoms with E-state index in [2.05, 4.69) is 0 Å². The van der Waals surface area contributed by atoms with Crippen molar-refractivity contribution in [2.75, 3.05) is 6.61 Å². The number of hydrogen-bond donors (Lipinski definition) is 1. The summed E-state index contributed by atoms with van der Waals surface area (Å²) in [6.07, 6.45) is -0.0742. The van der Waals surface area contributed by atoms with Gasteiger partial charge in [-0.05, 0) is 18.4 Å². The van der Waals surface area contributed by atoms with Crippen molar-refractivity contribution in [1.82, 2.24) is 0 Å². The predicted octanol–water partition coefficient (Wildman–Crippen LogP) is 1.27. The number of esters is 1. The first-order chi connectivity index (χ1) is 8.25. The monoisotopic (exact) mass is 236 g/mol. The molecular weight excluding hydrogens is 220 g/mol. The average Bonchev–Trinajstić information content (AvgIpc) is 2.35. The number of hydrogen-bond acceptors (Lipinski definition) is 4. The summed E-state index contributed by atoms with van der Waals surface area (Å²) in [5.41, 5.74) is 1.09. The van der Waals surface area contributed by atoms with Gasteiger partial charge in [-0.1, -0.05) is 30.3 Å². The van der Waals surface area contributed by atoms with Crippen LogP contribution in [0.25, 0.3) is 0 Å². The first-order valence-electron chi connectivity index (χ1n) is 5.76. The van der Waals surface area contributed by atoms with Gasteiger partial charge in [-0.2, -0.15) is 0 Å². The van der Waals surface area contributed by atoms with Crippen LogP contribution in [0.15, 0.2) is 30.3 Å². The van der Waals surface area contributed by atoms with E-state index in [0.29, 0.717) is 26.1 Å². The zero-order valence-corrected chi connectivity index (χ0v) is 9.54. The molecule has 0 saturated carbocycles. The Kier molecular flexibility index (Phi) is 4.12. The van der Waals surface area contributed by atoms with Crippen molar-refractivity contribution in [2.24, 2.45) is 0 Å². The van der Waals surface area contributed by atoms with Crippen molar-refractivity contribution < 1.29 is 19.4 Å². The standard InChI is InChI=1S/C13H16O4/c14-12-7-6-11(17-13(12)15)9-16-8-10-4-2-1-3-5-10/h1-5,11-12,14H,6-9H2/t11-,12?/m0/s1. The maximum Gasteiger partial charge on any atom is 0.335 e. The summed E-state index contributed by atoms with van der Waals surface area (Å²) in [4.78, 5) is 11.1. The number of carbonyl (C=O) groups is 1. The summed E-state index contributed by atoms with van der Waals surface area (Å²) in [7, 11) is 0. The van der Waals surface area contributed by atoms with Gasteiger partial charge in [0.05, 0.1) is 13.2 Å². The third-order valence-electron chi connectivity index (χ3n) is 2.73. The van der Waals surface area contributed by atoms with E-state index in [1.54, 1.807) is 0 Å². The number of rotatable bonds is 4. The minimum atomic E-state index is -0.958. The second kappa shape index (κ2) is 5.80. The van der Waals surface area contributed by atoms with E-state index < -0.39 is 12.1 Å². The fourth-order valence-corrected chi connectivity index (χ4v) is 1.76. The largest absolute Gasteiger partial charge is 0.458 e. The third kappa shape index (κ3) is 3.54. The first-order valence-corrected chi connectivity index (χ1v) is 5.76. The smallest absolute Gasteiger partial charge is 0.335 e. The zero-order valence-electron chi connectivity index (χ0n) is 9.54. The molecule has 1 saturated heterocycles. The van der Waals surface area contributed by atoms with Crippen molar-refractivity contribution in [3.05, 3.63) is 35.9 Å². The maximum absolute atomic E-state index is 11.1. The molecule has 1 aromatic carbocycles. The van der Waals surface area contributed by atoms with Crippen LogP contribution >= 0.6 is 0 Å². The lowest BCUT2D eigenvalue weighted by atomic mass is 10.1. The third-order valence-corrected chi connectivity index (χ3v) is 2.73. The number of aliphatic hydroxyl groups excluding tert-OH is 1. The molecule has 0 aliphatic carbocycles. The van der Waals surface area contributed by atoms with Crippen LogP contribution < -0.4 is 0 Å². The minimum absolute atomic E-state index is 0.227. The number of aliphatic hydroxyl groups is 1. The first kappa shape index (κ1) is 12.1.